The van der Waals surface area contributed by atoms with E-state index in [1.165, 1.54) is 11.8 Å². The van der Waals surface area contributed by atoms with Gasteiger partial charge in [-0.3, -0.25) is 0 Å². The Balaban J connectivity index is 2.99. The topological polar surface area (TPSA) is 49.3 Å². The SMILES string of the molecule is CSc1cccc(NCC(C)(C)C(C)C)c1C(=O)O. The van der Waals surface area contributed by atoms with E-state index in [1.807, 2.05) is 24.5 Å². The van der Waals surface area contributed by atoms with Gasteiger partial charge in [-0.1, -0.05) is 33.8 Å². The molecule has 106 valence electrons. The third-order valence-corrected chi connectivity index (χ3v) is 4.54. The highest BCUT2D eigenvalue weighted by molar-refractivity contribution is 7.98. The summed E-state index contributed by atoms with van der Waals surface area (Å²) in [5.41, 5.74) is 1.19. The lowest BCUT2D eigenvalue weighted by atomic mass is 9.81. The van der Waals surface area contributed by atoms with Crippen LogP contribution in [0.15, 0.2) is 23.1 Å². The summed E-state index contributed by atoms with van der Waals surface area (Å²) in [4.78, 5) is 12.2. The third-order valence-electron chi connectivity index (χ3n) is 3.76. The fourth-order valence-electron chi connectivity index (χ4n) is 1.60. The van der Waals surface area contributed by atoms with Crippen molar-refractivity contribution in [3.63, 3.8) is 0 Å². The highest BCUT2D eigenvalue weighted by Crippen LogP contribution is 2.30. The quantitative estimate of drug-likeness (QED) is 0.767. The van der Waals surface area contributed by atoms with Gasteiger partial charge >= 0.3 is 5.97 Å². The Bertz CT molecular complexity index is 455. The number of benzene rings is 1. The van der Waals surface area contributed by atoms with Crippen molar-refractivity contribution in [3.8, 4) is 0 Å². The van der Waals surface area contributed by atoms with Crippen LogP contribution in [0.5, 0.6) is 0 Å². The van der Waals surface area contributed by atoms with Gasteiger partial charge in [0.1, 0.15) is 0 Å². The van der Waals surface area contributed by atoms with E-state index in [9.17, 15) is 9.90 Å². The lowest BCUT2D eigenvalue weighted by Gasteiger charge is -2.30. The number of hydrogen-bond acceptors (Lipinski definition) is 3. The molecule has 0 heterocycles. The van der Waals surface area contributed by atoms with Crippen LogP contribution in [0.1, 0.15) is 38.1 Å². The molecule has 3 nitrogen and oxygen atoms in total. The second-order valence-corrected chi connectivity index (χ2v) is 6.53. The molecule has 0 saturated heterocycles. The van der Waals surface area contributed by atoms with E-state index in [-0.39, 0.29) is 5.41 Å². The monoisotopic (exact) mass is 281 g/mol. The Morgan fingerprint density at radius 1 is 1.42 bits per heavy atom. The predicted molar refractivity (Wildman–Crippen MR) is 82.3 cm³/mol. The first-order chi connectivity index (χ1) is 8.79. The fourth-order valence-corrected chi connectivity index (χ4v) is 2.21. The summed E-state index contributed by atoms with van der Waals surface area (Å²) in [7, 11) is 0. The maximum Gasteiger partial charge on any atom is 0.338 e. The number of aromatic carboxylic acids is 1. The zero-order chi connectivity index (χ0) is 14.6. The molecule has 0 aliphatic heterocycles. The van der Waals surface area contributed by atoms with Crippen molar-refractivity contribution < 1.29 is 9.90 Å². The number of hydrogen-bond donors (Lipinski definition) is 2. The molecule has 0 aliphatic carbocycles. The molecule has 0 aromatic heterocycles. The van der Waals surface area contributed by atoms with Gasteiger partial charge in [-0.25, -0.2) is 4.79 Å². The number of thioether (sulfide) groups is 1. The Kier molecular flexibility index (Phi) is 5.29. The standard InChI is InChI=1S/C15H23NO2S/c1-10(2)15(3,4)9-16-11-7-6-8-12(19-5)13(11)14(17)18/h6-8,10,16H,9H2,1-5H3,(H,17,18). The molecule has 1 aromatic carbocycles. The number of anilines is 1. The Labute approximate surface area is 119 Å². The summed E-state index contributed by atoms with van der Waals surface area (Å²) in [6.45, 7) is 9.48. The molecule has 0 aliphatic rings. The molecule has 0 bridgehead atoms. The minimum Gasteiger partial charge on any atom is -0.478 e. The van der Waals surface area contributed by atoms with E-state index >= 15 is 0 Å². The molecular formula is C15H23NO2S. The fraction of sp³-hybridized carbons (Fsp3) is 0.533. The average molecular weight is 281 g/mol. The predicted octanol–water partition coefficient (Wildman–Crippen LogP) is 4.20. The van der Waals surface area contributed by atoms with E-state index in [4.69, 9.17) is 0 Å². The number of carbonyl (C=O) groups is 1. The molecule has 1 aromatic rings. The van der Waals surface area contributed by atoms with Crippen LogP contribution >= 0.6 is 11.8 Å². The molecule has 1 rings (SSSR count). The minimum atomic E-state index is -0.880. The van der Waals surface area contributed by atoms with Crippen molar-refractivity contribution >= 4 is 23.4 Å². The van der Waals surface area contributed by atoms with Crippen molar-refractivity contribution in [2.24, 2.45) is 11.3 Å². The summed E-state index contributed by atoms with van der Waals surface area (Å²) >= 11 is 1.46. The number of nitrogens with one attached hydrogen (secondary N) is 1. The van der Waals surface area contributed by atoms with Gasteiger partial charge in [0.2, 0.25) is 0 Å². The summed E-state index contributed by atoms with van der Waals surface area (Å²) in [5, 5.41) is 12.7. The molecule has 2 N–H and O–H groups in total. The molecule has 0 spiro atoms. The van der Waals surface area contributed by atoms with Crippen molar-refractivity contribution in [1.82, 2.24) is 0 Å². The Morgan fingerprint density at radius 2 is 2.05 bits per heavy atom. The summed E-state index contributed by atoms with van der Waals surface area (Å²) < 4.78 is 0. The van der Waals surface area contributed by atoms with Crippen LogP contribution in [0.25, 0.3) is 0 Å². The van der Waals surface area contributed by atoms with Gasteiger partial charge in [-0.15, -0.1) is 11.8 Å². The Hall–Kier alpha value is -1.16. The van der Waals surface area contributed by atoms with Gasteiger partial charge in [0.15, 0.2) is 0 Å². The van der Waals surface area contributed by atoms with Crippen LogP contribution < -0.4 is 5.32 Å². The van der Waals surface area contributed by atoms with E-state index in [2.05, 4.69) is 33.0 Å². The average Bonchev–Trinajstić information content (AvgIpc) is 2.35. The number of rotatable bonds is 6. The van der Waals surface area contributed by atoms with E-state index < -0.39 is 5.97 Å². The van der Waals surface area contributed by atoms with Crippen LogP contribution in [-0.2, 0) is 0 Å². The Morgan fingerprint density at radius 3 is 2.53 bits per heavy atom. The van der Waals surface area contributed by atoms with E-state index in [0.29, 0.717) is 17.2 Å². The second-order valence-electron chi connectivity index (χ2n) is 5.68. The maximum atomic E-state index is 11.4. The molecule has 19 heavy (non-hydrogen) atoms. The van der Waals surface area contributed by atoms with Gasteiger partial charge in [0.05, 0.1) is 5.56 Å². The minimum absolute atomic E-state index is 0.116. The lowest BCUT2D eigenvalue weighted by molar-refractivity contribution is 0.0694. The van der Waals surface area contributed by atoms with Gasteiger partial charge in [0, 0.05) is 17.1 Å². The molecule has 0 radical (unpaired) electrons. The molecule has 0 amide bonds. The maximum absolute atomic E-state index is 11.4. The normalized spacial score (nSPS) is 11.7. The highest BCUT2D eigenvalue weighted by atomic mass is 32.2. The van der Waals surface area contributed by atoms with Crippen molar-refractivity contribution in [2.45, 2.75) is 32.6 Å². The summed E-state index contributed by atoms with van der Waals surface area (Å²) in [6, 6.07) is 5.56. The van der Waals surface area contributed by atoms with Crippen LogP contribution in [0.4, 0.5) is 5.69 Å². The van der Waals surface area contributed by atoms with Crippen molar-refractivity contribution in [3.05, 3.63) is 23.8 Å². The molecular weight excluding hydrogens is 258 g/mol. The molecule has 0 saturated carbocycles. The summed E-state index contributed by atoms with van der Waals surface area (Å²) in [6.07, 6.45) is 1.89. The smallest absolute Gasteiger partial charge is 0.338 e. The molecule has 4 heteroatoms. The van der Waals surface area contributed by atoms with Crippen LogP contribution in [0.2, 0.25) is 0 Å². The van der Waals surface area contributed by atoms with E-state index in [1.54, 1.807) is 0 Å². The second kappa shape index (κ2) is 6.33. The zero-order valence-corrected chi connectivity index (χ0v) is 13.1. The van der Waals surface area contributed by atoms with Crippen LogP contribution in [0.3, 0.4) is 0 Å². The van der Waals surface area contributed by atoms with Gasteiger partial charge in [0.25, 0.3) is 0 Å². The van der Waals surface area contributed by atoms with Crippen molar-refractivity contribution in [2.75, 3.05) is 18.1 Å². The third kappa shape index (κ3) is 3.90. The number of carboxylic acids is 1. The molecule has 0 unspecified atom stereocenters. The lowest BCUT2D eigenvalue weighted by Crippen LogP contribution is -2.29. The van der Waals surface area contributed by atoms with Crippen LogP contribution in [-0.4, -0.2) is 23.9 Å². The van der Waals surface area contributed by atoms with E-state index in [0.717, 1.165) is 11.4 Å². The zero-order valence-electron chi connectivity index (χ0n) is 12.3. The first kappa shape index (κ1) is 15.9. The van der Waals surface area contributed by atoms with Gasteiger partial charge < -0.3 is 10.4 Å². The van der Waals surface area contributed by atoms with Gasteiger partial charge in [-0.2, -0.15) is 0 Å². The molecule has 0 atom stereocenters. The first-order valence-electron chi connectivity index (χ1n) is 6.43. The van der Waals surface area contributed by atoms with Gasteiger partial charge in [-0.05, 0) is 29.7 Å². The van der Waals surface area contributed by atoms with Crippen molar-refractivity contribution in [1.29, 1.82) is 0 Å². The highest BCUT2D eigenvalue weighted by Gasteiger charge is 2.23. The first-order valence-corrected chi connectivity index (χ1v) is 7.66. The van der Waals surface area contributed by atoms with Crippen LogP contribution in [0, 0.1) is 11.3 Å². The summed E-state index contributed by atoms with van der Waals surface area (Å²) in [5.74, 6) is -0.355. The largest absolute Gasteiger partial charge is 0.478 e. The molecule has 0 fully saturated rings. The number of carboxylic acid groups (broad SMARTS) is 1.